The fourth-order valence-electron chi connectivity index (χ4n) is 4.28. The lowest BCUT2D eigenvalue weighted by atomic mass is 9.86. The quantitative estimate of drug-likeness (QED) is 0.323. The first-order chi connectivity index (χ1) is 16.1. The van der Waals surface area contributed by atoms with Crippen molar-refractivity contribution in [2.75, 3.05) is 11.9 Å². The van der Waals surface area contributed by atoms with Crippen LogP contribution in [0.4, 0.5) is 15.9 Å². The predicted molar refractivity (Wildman–Crippen MR) is 130 cm³/mol. The van der Waals surface area contributed by atoms with Gasteiger partial charge < -0.3 is 15.2 Å². The van der Waals surface area contributed by atoms with Crippen molar-refractivity contribution in [2.45, 2.75) is 32.3 Å². The molecule has 2 N–H and O–H groups in total. The topological polar surface area (TPSA) is 67.3 Å². The van der Waals surface area contributed by atoms with E-state index in [-0.39, 0.29) is 12.4 Å². The molecule has 0 aliphatic heterocycles. The molecule has 1 aliphatic rings. The van der Waals surface area contributed by atoms with E-state index in [9.17, 15) is 9.50 Å². The minimum atomic E-state index is -0.275. The number of hydrogen-bond donors (Lipinski definition) is 2. The SMILES string of the molecule is OCCC1CCc2c(sc3ncnc(Nc4ccc(OCc5ccc(F)cc5)c(Cl)c4)c23)C1. The molecule has 0 radical (unpaired) electrons. The van der Waals surface area contributed by atoms with Crippen molar-refractivity contribution in [1.29, 1.82) is 0 Å². The van der Waals surface area contributed by atoms with Crippen molar-refractivity contribution in [3.05, 3.63) is 75.6 Å². The van der Waals surface area contributed by atoms with Crippen LogP contribution in [0.2, 0.25) is 5.02 Å². The zero-order valence-electron chi connectivity index (χ0n) is 17.9. The second-order valence-electron chi connectivity index (χ2n) is 8.21. The Labute approximate surface area is 200 Å². The van der Waals surface area contributed by atoms with Gasteiger partial charge in [-0.15, -0.1) is 11.3 Å². The average molecular weight is 484 g/mol. The van der Waals surface area contributed by atoms with Gasteiger partial charge in [-0.3, -0.25) is 0 Å². The maximum atomic E-state index is 13.1. The van der Waals surface area contributed by atoms with Gasteiger partial charge in [-0.1, -0.05) is 23.7 Å². The van der Waals surface area contributed by atoms with Crippen LogP contribution in [-0.2, 0) is 19.4 Å². The lowest BCUT2D eigenvalue weighted by Crippen LogP contribution is -2.13. The Hall–Kier alpha value is -2.74. The molecule has 1 unspecified atom stereocenters. The zero-order valence-corrected chi connectivity index (χ0v) is 19.4. The number of nitrogens with one attached hydrogen (secondary N) is 1. The van der Waals surface area contributed by atoms with Crippen molar-refractivity contribution >= 4 is 44.7 Å². The van der Waals surface area contributed by atoms with Gasteiger partial charge in [0.2, 0.25) is 0 Å². The lowest BCUT2D eigenvalue weighted by molar-refractivity contribution is 0.249. The van der Waals surface area contributed by atoms with Crippen LogP contribution in [0.5, 0.6) is 5.75 Å². The van der Waals surface area contributed by atoms with E-state index < -0.39 is 0 Å². The van der Waals surface area contributed by atoms with Crippen LogP contribution in [-0.4, -0.2) is 21.7 Å². The van der Waals surface area contributed by atoms with E-state index in [1.165, 1.54) is 22.6 Å². The molecule has 1 atom stereocenters. The maximum Gasteiger partial charge on any atom is 0.142 e. The van der Waals surface area contributed by atoms with E-state index in [2.05, 4.69) is 15.3 Å². The summed E-state index contributed by atoms with van der Waals surface area (Å²) in [5.41, 5.74) is 2.99. The average Bonchev–Trinajstić information content (AvgIpc) is 3.18. The minimum absolute atomic E-state index is 0.238. The van der Waals surface area contributed by atoms with E-state index in [0.717, 1.165) is 53.0 Å². The number of aromatic nitrogens is 2. The van der Waals surface area contributed by atoms with Crippen LogP contribution in [0, 0.1) is 11.7 Å². The standard InChI is InChI=1S/C25H23ClFN3O2S/c26-20-12-18(6-8-21(20)32-13-16-1-4-17(27)5-2-16)30-24-23-19-7-3-15(9-10-31)11-22(19)33-25(23)29-14-28-24/h1-2,4-6,8,12,14-15,31H,3,7,9-11,13H2,(H,28,29,30). The molecule has 0 saturated carbocycles. The number of halogens is 2. The number of hydrogen-bond acceptors (Lipinski definition) is 6. The number of aryl methyl sites for hydroxylation is 1. The Morgan fingerprint density at radius 3 is 2.82 bits per heavy atom. The summed E-state index contributed by atoms with van der Waals surface area (Å²) in [5, 5.41) is 14.3. The van der Waals surface area contributed by atoms with Crippen LogP contribution in [0.3, 0.4) is 0 Å². The number of nitrogens with zero attached hydrogens (tertiary/aromatic N) is 2. The fraction of sp³-hybridized carbons (Fsp3) is 0.280. The number of thiophene rings is 1. The molecule has 5 rings (SSSR count). The Morgan fingerprint density at radius 2 is 2.03 bits per heavy atom. The highest BCUT2D eigenvalue weighted by Crippen LogP contribution is 2.41. The molecule has 5 nitrogen and oxygen atoms in total. The first kappa shape index (κ1) is 22.1. The second-order valence-corrected chi connectivity index (χ2v) is 9.70. The van der Waals surface area contributed by atoms with Gasteiger partial charge in [0.05, 0.1) is 10.4 Å². The molecule has 0 bridgehead atoms. The van der Waals surface area contributed by atoms with Gasteiger partial charge in [-0.2, -0.15) is 0 Å². The molecular weight excluding hydrogens is 461 g/mol. The van der Waals surface area contributed by atoms with Crippen LogP contribution < -0.4 is 10.1 Å². The fourth-order valence-corrected chi connectivity index (χ4v) is 5.81. The van der Waals surface area contributed by atoms with E-state index in [1.807, 2.05) is 18.2 Å². The highest BCUT2D eigenvalue weighted by molar-refractivity contribution is 7.19. The third-order valence-electron chi connectivity index (χ3n) is 5.99. The summed E-state index contributed by atoms with van der Waals surface area (Å²) in [4.78, 5) is 11.3. The molecule has 0 spiro atoms. The summed E-state index contributed by atoms with van der Waals surface area (Å²) in [7, 11) is 0. The Morgan fingerprint density at radius 1 is 1.18 bits per heavy atom. The summed E-state index contributed by atoms with van der Waals surface area (Å²) in [6.07, 6.45) is 5.46. The number of aliphatic hydroxyl groups excluding tert-OH is 1. The molecule has 0 fully saturated rings. The molecule has 170 valence electrons. The molecule has 2 aromatic carbocycles. The largest absolute Gasteiger partial charge is 0.487 e. The van der Waals surface area contributed by atoms with Gasteiger partial charge in [-0.25, -0.2) is 14.4 Å². The number of aliphatic hydroxyl groups is 1. The Kier molecular flexibility index (Phi) is 6.44. The highest BCUT2D eigenvalue weighted by atomic mass is 35.5. The first-order valence-corrected chi connectivity index (χ1v) is 12.1. The first-order valence-electron chi connectivity index (χ1n) is 10.9. The molecule has 2 heterocycles. The van der Waals surface area contributed by atoms with E-state index >= 15 is 0 Å². The van der Waals surface area contributed by atoms with Gasteiger partial charge in [0, 0.05) is 17.2 Å². The number of fused-ring (bicyclic) bond motifs is 3. The van der Waals surface area contributed by atoms with Crippen molar-refractivity contribution in [2.24, 2.45) is 5.92 Å². The third-order valence-corrected chi connectivity index (χ3v) is 7.44. The molecule has 4 aromatic rings. The van der Waals surface area contributed by atoms with Gasteiger partial charge in [-0.05, 0) is 73.1 Å². The van der Waals surface area contributed by atoms with Gasteiger partial charge in [0.25, 0.3) is 0 Å². The zero-order chi connectivity index (χ0) is 22.8. The monoisotopic (exact) mass is 483 g/mol. The Balaban J connectivity index is 1.34. The van der Waals surface area contributed by atoms with Crippen LogP contribution in [0.1, 0.15) is 28.8 Å². The van der Waals surface area contributed by atoms with Gasteiger partial charge in [0.1, 0.15) is 35.1 Å². The van der Waals surface area contributed by atoms with Gasteiger partial charge in [0.15, 0.2) is 0 Å². The number of anilines is 2. The second kappa shape index (κ2) is 9.63. The van der Waals surface area contributed by atoms with Crippen molar-refractivity contribution in [3.8, 4) is 5.75 Å². The molecule has 0 saturated heterocycles. The molecule has 33 heavy (non-hydrogen) atoms. The number of ether oxygens (including phenoxy) is 1. The maximum absolute atomic E-state index is 13.1. The van der Waals surface area contributed by atoms with Crippen molar-refractivity contribution in [3.63, 3.8) is 0 Å². The predicted octanol–water partition coefficient (Wildman–Crippen LogP) is 6.29. The number of rotatable bonds is 7. The van der Waals surface area contributed by atoms with Crippen molar-refractivity contribution in [1.82, 2.24) is 9.97 Å². The minimum Gasteiger partial charge on any atom is -0.487 e. The summed E-state index contributed by atoms with van der Waals surface area (Å²) < 4.78 is 18.9. The molecule has 0 amide bonds. The van der Waals surface area contributed by atoms with Crippen molar-refractivity contribution < 1.29 is 14.2 Å². The molecule has 2 aromatic heterocycles. The van der Waals surface area contributed by atoms with Crippen LogP contribution >= 0.6 is 22.9 Å². The Bertz CT molecular complexity index is 1280. The normalized spacial score (nSPS) is 15.4. The highest BCUT2D eigenvalue weighted by Gasteiger charge is 2.25. The lowest BCUT2D eigenvalue weighted by Gasteiger charge is -2.21. The van der Waals surface area contributed by atoms with Gasteiger partial charge >= 0.3 is 0 Å². The summed E-state index contributed by atoms with van der Waals surface area (Å²) >= 11 is 8.19. The van der Waals surface area contributed by atoms with E-state index in [4.69, 9.17) is 16.3 Å². The molecular formula is C25H23ClFN3O2S. The van der Waals surface area contributed by atoms with E-state index in [1.54, 1.807) is 29.8 Å². The summed E-state index contributed by atoms with van der Waals surface area (Å²) in [6.45, 7) is 0.541. The molecule has 1 aliphatic carbocycles. The van der Waals surface area contributed by atoms with Crippen LogP contribution in [0.15, 0.2) is 48.8 Å². The summed E-state index contributed by atoms with van der Waals surface area (Å²) in [6, 6.07) is 11.7. The van der Waals surface area contributed by atoms with Crippen LogP contribution in [0.25, 0.3) is 10.2 Å². The van der Waals surface area contributed by atoms with E-state index in [0.29, 0.717) is 23.3 Å². The smallest absolute Gasteiger partial charge is 0.142 e. The third kappa shape index (κ3) is 4.81. The number of benzene rings is 2. The summed E-state index contributed by atoms with van der Waals surface area (Å²) in [5.74, 6) is 1.58. The molecule has 8 heteroatoms.